The lowest BCUT2D eigenvalue weighted by atomic mass is 9.98. The fourth-order valence-corrected chi connectivity index (χ4v) is 4.18. The molecule has 1 atom stereocenters. The average Bonchev–Trinajstić information content (AvgIpc) is 2.96. The largest absolute Gasteiger partial charge is 0.490 e. The van der Waals surface area contributed by atoms with E-state index in [0.29, 0.717) is 41.7 Å². The molecule has 0 saturated heterocycles. The number of esters is 1. The molecule has 4 aromatic carbocycles. The third-order valence-corrected chi connectivity index (χ3v) is 6.38. The normalized spacial score (nSPS) is 11.6. The van der Waals surface area contributed by atoms with Gasteiger partial charge < -0.3 is 14.6 Å². The molecule has 4 rings (SSSR count). The van der Waals surface area contributed by atoms with Crippen LogP contribution in [0.25, 0.3) is 22.3 Å². The Morgan fingerprint density at radius 3 is 2.23 bits per heavy atom. The minimum absolute atomic E-state index is 0.0145. The van der Waals surface area contributed by atoms with Crippen molar-refractivity contribution in [2.45, 2.75) is 32.3 Å². The van der Waals surface area contributed by atoms with Crippen molar-refractivity contribution in [3.8, 4) is 33.8 Å². The number of carbonyl (C=O) groups excluding carboxylic acids is 1. The monoisotopic (exact) mass is 546 g/mol. The highest BCUT2D eigenvalue weighted by molar-refractivity contribution is 5.92. The van der Waals surface area contributed by atoms with Crippen molar-refractivity contribution in [1.82, 2.24) is 0 Å². The van der Waals surface area contributed by atoms with E-state index < -0.39 is 35.1 Å². The van der Waals surface area contributed by atoms with Crippen LogP contribution < -0.4 is 9.47 Å². The van der Waals surface area contributed by atoms with Gasteiger partial charge in [0.1, 0.15) is 5.75 Å². The van der Waals surface area contributed by atoms with E-state index >= 15 is 0 Å². The average molecular weight is 547 g/mol. The van der Waals surface area contributed by atoms with Crippen molar-refractivity contribution in [3.63, 3.8) is 0 Å². The van der Waals surface area contributed by atoms with Gasteiger partial charge in [-0.1, -0.05) is 68.0 Å². The fourth-order valence-electron chi connectivity index (χ4n) is 4.18. The zero-order chi connectivity index (χ0) is 28.6. The van der Waals surface area contributed by atoms with E-state index in [4.69, 9.17) is 9.47 Å². The number of hydrogen-bond acceptors (Lipinski definition) is 4. The first kappa shape index (κ1) is 28.6. The van der Waals surface area contributed by atoms with Crippen molar-refractivity contribution in [1.29, 1.82) is 0 Å². The number of ether oxygens (including phenoxy) is 2. The number of carbonyl (C=O) groups is 1. The van der Waals surface area contributed by atoms with Gasteiger partial charge in [0, 0.05) is 5.56 Å². The van der Waals surface area contributed by atoms with E-state index in [-0.39, 0.29) is 17.1 Å². The maximum absolute atomic E-state index is 14.9. The van der Waals surface area contributed by atoms with Gasteiger partial charge in [-0.3, -0.25) is 0 Å². The topological polar surface area (TPSA) is 55.8 Å². The summed E-state index contributed by atoms with van der Waals surface area (Å²) in [5.74, 6) is -3.81. The summed E-state index contributed by atoms with van der Waals surface area (Å²) in [6, 6.07) is 19.8. The molecule has 0 aliphatic heterocycles. The van der Waals surface area contributed by atoms with Gasteiger partial charge in [0.2, 0.25) is 0 Å². The van der Waals surface area contributed by atoms with Crippen LogP contribution in [0, 0.1) is 17.5 Å². The maximum Gasteiger partial charge on any atom is 0.346 e. The quantitative estimate of drug-likeness (QED) is 0.0888. The number of benzene rings is 4. The summed E-state index contributed by atoms with van der Waals surface area (Å²) in [5.41, 5.74) is 1.78. The molecule has 0 radical (unpaired) electrons. The van der Waals surface area contributed by atoms with Crippen LogP contribution in [0.3, 0.4) is 0 Å². The Hall–Kier alpha value is -4.36. The number of hydrogen-bond donors (Lipinski definition) is 1. The van der Waals surface area contributed by atoms with E-state index in [9.17, 15) is 23.1 Å². The van der Waals surface area contributed by atoms with Crippen molar-refractivity contribution in [2.75, 3.05) is 6.61 Å². The first-order valence-corrected chi connectivity index (χ1v) is 12.9. The van der Waals surface area contributed by atoms with E-state index in [0.717, 1.165) is 6.42 Å². The molecule has 0 amide bonds. The Kier molecular flexibility index (Phi) is 9.40. The van der Waals surface area contributed by atoms with E-state index in [1.165, 1.54) is 36.4 Å². The summed E-state index contributed by atoms with van der Waals surface area (Å²) >= 11 is 0. The molecular formula is C33H29F3O4. The molecule has 0 bridgehead atoms. The summed E-state index contributed by atoms with van der Waals surface area (Å²) in [4.78, 5) is 12.6. The lowest BCUT2D eigenvalue weighted by molar-refractivity contribution is 0.0728. The van der Waals surface area contributed by atoms with Crippen molar-refractivity contribution < 1.29 is 32.5 Å². The van der Waals surface area contributed by atoms with Crippen molar-refractivity contribution in [3.05, 3.63) is 120 Å². The van der Waals surface area contributed by atoms with Crippen LogP contribution in [-0.4, -0.2) is 17.7 Å². The molecule has 1 N–H and O–H groups in total. The predicted octanol–water partition coefficient (Wildman–Crippen LogP) is 8.45. The van der Waals surface area contributed by atoms with Gasteiger partial charge >= 0.3 is 5.97 Å². The summed E-state index contributed by atoms with van der Waals surface area (Å²) in [6.45, 7) is 5.88. The fraction of sp³-hybridized carbons (Fsp3) is 0.182. The van der Waals surface area contributed by atoms with Crippen LogP contribution in [0.5, 0.6) is 11.5 Å². The predicted molar refractivity (Wildman–Crippen MR) is 149 cm³/mol. The molecule has 0 aromatic heterocycles. The highest BCUT2D eigenvalue weighted by Crippen LogP contribution is 2.30. The third kappa shape index (κ3) is 6.61. The molecule has 4 aromatic rings. The SMILES string of the molecule is C=CCCOc1ccc(-c2ccc(OC(=O)c3ccc(-c4ccc(C(O)CCC)cc4)c(F)c3F)cc2)cc1F. The zero-order valence-corrected chi connectivity index (χ0v) is 22.0. The van der Waals surface area contributed by atoms with Crippen LogP contribution in [0.2, 0.25) is 0 Å². The Labute approximate surface area is 231 Å². The zero-order valence-electron chi connectivity index (χ0n) is 22.0. The molecule has 40 heavy (non-hydrogen) atoms. The van der Waals surface area contributed by atoms with Gasteiger partial charge in [-0.15, -0.1) is 6.58 Å². The summed E-state index contributed by atoms with van der Waals surface area (Å²) < 4.78 is 54.9. The van der Waals surface area contributed by atoms with Crippen LogP contribution in [0.1, 0.15) is 48.2 Å². The first-order valence-electron chi connectivity index (χ1n) is 12.9. The molecule has 0 aliphatic carbocycles. The summed E-state index contributed by atoms with van der Waals surface area (Å²) in [7, 11) is 0. The minimum Gasteiger partial charge on any atom is -0.490 e. The summed E-state index contributed by atoms with van der Waals surface area (Å²) in [6.07, 6.45) is 3.06. The molecule has 0 spiro atoms. The Morgan fingerprint density at radius 1 is 0.900 bits per heavy atom. The molecule has 0 saturated carbocycles. The van der Waals surface area contributed by atoms with Crippen molar-refractivity contribution in [2.24, 2.45) is 0 Å². The maximum atomic E-state index is 14.9. The van der Waals surface area contributed by atoms with E-state index in [1.807, 2.05) is 6.92 Å². The molecule has 4 nitrogen and oxygen atoms in total. The van der Waals surface area contributed by atoms with Gasteiger partial charge in [-0.25, -0.2) is 18.0 Å². The van der Waals surface area contributed by atoms with Crippen LogP contribution in [0.15, 0.2) is 91.5 Å². The van der Waals surface area contributed by atoms with Crippen LogP contribution in [-0.2, 0) is 0 Å². The molecular weight excluding hydrogens is 517 g/mol. The Morgan fingerprint density at radius 2 is 1.57 bits per heavy atom. The smallest absolute Gasteiger partial charge is 0.346 e. The molecule has 0 heterocycles. The number of rotatable bonds is 11. The molecule has 0 fully saturated rings. The van der Waals surface area contributed by atoms with Gasteiger partial charge in [0.05, 0.1) is 18.3 Å². The minimum atomic E-state index is -1.32. The van der Waals surface area contributed by atoms with Gasteiger partial charge in [0.25, 0.3) is 0 Å². The van der Waals surface area contributed by atoms with Gasteiger partial charge in [-0.2, -0.15) is 0 Å². The number of halogens is 3. The number of aliphatic hydroxyl groups excluding tert-OH is 1. The lowest BCUT2D eigenvalue weighted by Crippen LogP contribution is -2.12. The molecule has 1 unspecified atom stereocenters. The van der Waals surface area contributed by atoms with E-state index in [2.05, 4.69) is 6.58 Å². The summed E-state index contributed by atoms with van der Waals surface area (Å²) in [5, 5.41) is 10.1. The third-order valence-electron chi connectivity index (χ3n) is 6.38. The van der Waals surface area contributed by atoms with Gasteiger partial charge in [0.15, 0.2) is 23.2 Å². The standard InChI is InChI=1S/C33H29F3O4/c1-3-5-19-39-30-18-13-24(20-28(30)34)21-11-14-25(15-12-21)40-33(38)27-17-16-26(31(35)32(27)36)22-7-9-23(10-8-22)29(37)6-4-2/h3,7-18,20,29,37H,1,4-6,19H2,2H3. The highest BCUT2D eigenvalue weighted by atomic mass is 19.2. The molecule has 206 valence electrons. The van der Waals surface area contributed by atoms with E-state index in [1.54, 1.807) is 48.5 Å². The lowest BCUT2D eigenvalue weighted by Gasteiger charge is -2.12. The Bertz CT molecular complexity index is 1480. The molecule has 7 heteroatoms. The Balaban J connectivity index is 1.45. The van der Waals surface area contributed by atoms with Crippen LogP contribution in [0.4, 0.5) is 13.2 Å². The van der Waals surface area contributed by atoms with Crippen LogP contribution >= 0.6 is 0 Å². The second kappa shape index (κ2) is 13.1. The number of aliphatic hydroxyl groups is 1. The molecule has 0 aliphatic rings. The van der Waals surface area contributed by atoms with Gasteiger partial charge in [-0.05, 0) is 65.4 Å². The second-order valence-corrected chi connectivity index (χ2v) is 9.20. The van der Waals surface area contributed by atoms with Crippen molar-refractivity contribution >= 4 is 5.97 Å². The first-order chi connectivity index (χ1) is 19.3. The highest BCUT2D eigenvalue weighted by Gasteiger charge is 2.21. The second-order valence-electron chi connectivity index (χ2n) is 9.20.